The van der Waals surface area contributed by atoms with Crippen molar-refractivity contribution in [3.8, 4) is 5.75 Å². The molecule has 0 atom stereocenters. The highest BCUT2D eigenvalue weighted by Gasteiger charge is 2.20. The first kappa shape index (κ1) is 18.0. The zero-order chi connectivity index (χ0) is 18.7. The van der Waals surface area contributed by atoms with Crippen molar-refractivity contribution in [2.75, 3.05) is 5.32 Å². The van der Waals surface area contributed by atoms with Gasteiger partial charge in [-0.3, -0.25) is 9.20 Å². The Morgan fingerprint density at radius 1 is 1.23 bits per heavy atom. The summed E-state index contributed by atoms with van der Waals surface area (Å²) in [6.07, 6.45) is 3.67. The lowest BCUT2D eigenvalue weighted by molar-refractivity contribution is 0.101. The first-order valence-electron chi connectivity index (χ1n) is 9.04. The number of hydrogen-bond acceptors (Lipinski definition) is 3. The normalized spacial score (nSPS) is 11.1. The van der Waals surface area contributed by atoms with Crippen molar-refractivity contribution < 1.29 is 9.53 Å². The summed E-state index contributed by atoms with van der Waals surface area (Å²) in [6.45, 7) is 8.02. The Morgan fingerprint density at radius 2 is 2.00 bits per heavy atom. The molecule has 136 valence electrons. The third-order valence-electron chi connectivity index (χ3n) is 4.04. The Hall–Kier alpha value is -2.82. The number of hydrogen-bond donors (Lipinski definition) is 1. The fourth-order valence-corrected chi connectivity index (χ4v) is 2.96. The van der Waals surface area contributed by atoms with E-state index in [4.69, 9.17) is 4.74 Å². The van der Waals surface area contributed by atoms with Gasteiger partial charge in [-0.25, -0.2) is 4.98 Å². The van der Waals surface area contributed by atoms with Crippen molar-refractivity contribution in [3.63, 3.8) is 0 Å². The number of aryl methyl sites for hydroxylation is 2. The number of pyridine rings is 1. The first-order chi connectivity index (χ1) is 12.5. The summed E-state index contributed by atoms with van der Waals surface area (Å²) in [4.78, 5) is 17.8. The minimum absolute atomic E-state index is 0.0298. The second-order valence-electron chi connectivity index (χ2n) is 6.71. The van der Waals surface area contributed by atoms with Gasteiger partial charge in [-0.15, -0.1) is 0 Å². The molecule has 3 aromatic rings. The van der Waals surface area contributed by atoms with Gasteiger partial charge in [0, 0.05) is 6.20 Å². The number of nitrogens with zero attached hydrogens (tertiary/aromatic N) is 2. The Morgan fingerprint density at radius 3 is 2.73 bits per heavy atom. The van der Waals surface area contributed by atoms with Gasteiger partial charge in [-0.1, -0.05) is 31.5 Å². The number of para-hydroxylation sites is 2. The average Bonchev–Trinajstić information content (AvgIpc) is 2.93. The molecule has 5 heteroatoms. The van der Waals surface area contributed by atoms with Crippen LogP contribution in [0.3, 0.4) is 0 Å². The van der Waals surface area contributed by atoms with Crippen LogP contribution in [0.2, 0.25) is 0 Å². The molecule has 1 N–H and O–H groups in total. The van der Waals surface area contributed by atoms with Crippen LogP contribution in [0.15, 0.2) is 42.6 Å². The van der Waals surface area contributed by atoms with Gasteiger partial charge in [0.25, 0.3) is 5.91 Å². The van der Waals surface area contributed by atoms with Crippen LogP contribution < -0.4 is 10.1 Å². The molecule has 26 heavy (non-hydrogen) atoms. The molecular weight excluding hydrogens is 326 g/mol. The van der Waals surface area contributed by atoms with E-state index in [0.29, 0.717) is 17.1 Å². The van der Waals surface area contributed by atoms with Gasteiger partial charge in [0.2, 0.25) is 0 Å². The van der Waals surface area contributed by atoms with E-state index in [1.165, 1.54) is 0 Å². The molecular formula is C21H25N3O2. The number of rotatable bonds is 6. The van der Waals surface area contributed by atoms with Crippen LogP contribution in [-0.4, -0.2) is 21.4 Å². The van der Waals surface area contributed by atoms with Crippen LogP contribution in [-0.2, 0) is 6.42 Å². The van der Waals surface area contributed by atoms with Crippen molar-refractivity contribution in [2.24, 2.45) is 0 Å². The number of anilines is 1. The number of fused-ring (bicyclic) bond motifs is 1. The second-order valence-corrected chi connectivity index (χ2v) is 6.71. The monoisotopic (exact) mass is 351 g/mol. The van der Waals surface area contributed by atoms with E-state index < -0.39 is 0 Å². The lowest BCUT2D eigenvalue weighted by Gasteiger charge is -2.15. The van der Waals surface area contributed by atoms with E-state index in [1.54, 1.807) is 0 Å². The number of amides is 1. The van der Waals surface area contributed by atoms with Crippen LogP contribution >= 0.6 is 0 Å². The summed E-state index contributed by atoms with van der Waals surface area (Å²) in [7, 11) is 0. The highest BCUT2D eigenvalue weighted by atomic mass is 16.5. The number of nitrogens with one attached hydrogen (secondary N) is 1. The first-order valence-corrected chi connectivity index (χ1v) is 9.04. The minimum atomic E-state index is -0.175. The molecule has 2 heterocycles. The lowest BCUT2D eigenvalue weighted by atomic mass is 10.2. The maximum absolute atomic E-state index is 13.1. The number of ether oxygens (including phenoxy) is 1. The molecule has 0 aliphatic heterocycles. The second kappa shape index (κ2) is 7.60. The highest BCUT2D eigenvalue weighted by molar-refractivity contribution is 6.05. The molecule has 0 fully saturated rings. The largest absolute Gasteiger partial charge is 0.489 e. The van der Waals surface area contributed by atoms with E-state index >= 15 is 0 Å². The number of benzene rings is 1. The fourth-order valence-electron chi connectivity index (χ4n) is 2.96. The van der Waals surface area contributed by atoms with Crippen LogP contribution in [0.4, 0.5) is 5.69 Å². The van der Waals surface area contributed by atoms with Crippen molar-refractivity contribution >= 4 is 17.2 Å². The van der Waals surface area contributed by atoms with Crippen LogP contribution in [0.1, 0.15) is 48.9 Å². The third-order valence-corrected chi connectivity index (χ3v) is 4.04. The Bertz CT molecular complexity index is 928. The molecule has 1 aromatic carbocycles. The van der Waals surface area contributed by atoms with Gasteiger partial charge < -0.3 is 10.1 Å². The topological polar surface area (TPSA) is 55.6 Å². The maximum Gasteiger partial charge on any atom is 0.274 e. The molecule has 0 saturated carbocycles. The van der Waals surface area contributed by atoms with E-state index in [2.05, 4.69) is 17.2 Å². The number of carbonyl (C=O) groups is 1. The molecule has 2 aromatic heterocycles. The van der Waals surface area contributed by atoms with Gasteiger partial charge in [0.1, 0.15) is 17.1 Å². The Kier molecular flexibility index (Phi) is 5.26. The molecule has 0 spiro atoms. The minimum Gasteiger partial charge on any atom is -0.489 e. The van der Waals surface area contributed by atoms with Gasteiger partial charge in [0.15, 0.2) is 0 Å². The smallest absolute Gasteiger partial charge is 0.274 e. The van der Waals surface area contributed by atoms with E-state index in [-0.39, 0.29) is 12.0 Å². The number of aromatic nitrogens is 2. The van der Waals surface area contributed by atoms with Gasteiger partial charge >= 0.3 is 0 Å². The number of carbonyl (C=O) groups excluding carboxylic acids is 1. The Balaban J connectivity index is 2.00. The average molecular weight is 351 g/mol. The summed E-state index contributed by atoms with van der Waals surface area (Å²) in [6, 6.07) is 11.4. The molecule has 1 amide bonds. The standard InChI is InChI=1S/C21H25N3O2/c1-5-8-17-20(24-13-15(4)11-12-19(24)22-17)21(25)23-16-9-6-7-10-18(16)26-14(2)3/h6-7,9-14H,5,8H2,1-4H3,(H,23,25). The van der Waals surface area contributed by atoms with Crippen molar-refractivity contribution in [1.29, 1.82) is 0 Å². The molecule has 0 unspecified atom stereocenters. The summed E-state index contributed by atoms with van der Waals surface area (Å²) in [5.41, 5.74) is 3.94. The molecule has 0 aliphatic rings. The van der Waals surface area contributed by atoms with Gasteiger partial charge in [0.05, 0.1) is 17.5 Å². The zero-order valence-corrected chi connectivity index (χ0v) is 15.7. The fraction of sp³-hybridized carbons (Fsp3) is 0.333. The predicted octanol–water partition coefficient (Wildman–Crippen LogP) is 4.63. The molecule has 3 rings (SSSR count). The molecule has 5 nitrogen and oxygen atoms in total. The lowest BCUT2D eigenvalue weighted by Crippen LogP contribution is -2.18. The van der Waals surface area contributed by atoms with Crippen LogP contribution in [0.5, 0.6) is 5.75 Å². The molecule has 0 aliphatic carbocycles. The molecule has 0 bridgehead atoms. The highest BCUT2D eigenvalue weighted by Crippen LogP contribution is 2.26. The molecule has 0 saturated heterocycles. The number of imidazole rings is 1. The van der Waals surface area contributed by atoms with Gasteiger partial charge in [-0.05, 0) is 51.0 Å². The Labute approximate surface area is 154 Å². The van der Waals surface area contributed by atoms with Crippen LogP contribution in [0, 0.1) is 6.92 Å². The summed E-state index contributed by atoms with van der Waals surface area (Å²) in [5, 5.41) is 3.00. The third kappa shape index (κ3) is 3.72. The zero-order valence-electron chi connectivity index (χ0n) is 15.7. The van der Waals surface area contributed by atoms with Crippen molar-refractivity contribution in [1.82, 2.24) is 9.38 Å². The van der Waals surface area contributed by atoms with E-state index in [0.717, 1.165) is 29.7 Å². The summed E-state index contributed by atoms with van der Waals surface area (Å²) >= 11 is 0. The summed E-state index contributed by atoms with van der Waals surface area (Å²) in [5.74, 6) is 0.490. The SMILES string of the molecule is CCCc1nc2ccc(C)cn2c1C(=O)Nc1ccccc1OC(C)C. The van der Waals surface area contributed by atoms with Crippen LogP contribution in [0.25, 0.3) is 5.65 Å². The summed E-state index contributed by atoms with van der Waals surface area (Å²) < 4.78 is 7.69. The van der Waals surface area contributed by atoms with E-state index in [1.807, 2.05) is 67.8 Å². The predicted molar refractivity (Wildman–Crippen MR) is 104 cm³/mol. The maximum atomic E-state index is 13.1. The quantitative estimate of drug-likeness (QED) is 0.704. The van der Waals surface area contributed by atoms with E-state index in [9.17, 15) is 4.79 Å². The van der Waals surface area contributed by atoms with Crippen molar-refractivity contribution in [2.45, 2.75) is 46.6 Å². The molecule has 0 radical (unpaired) electrons. The van der Waals surface area contributed by atoms with Gasteiger partial charge in [-0.2, -0.15) is 0 Å². The van der Waals surface area contributed by atoms with Crippen molar-refractivity contribution in [3.05, 3.63) is 59.5 Å².